The van der Waals surface area contributed by atoms with Crippen molar-refractivity contribution in [3.05, 3.63) is 12.7 Å². The molecule has 0 N–H and O–H groups in total. The summed E-state index contributed by atoms with van der Waals surface area (Å²) in [6.45, 7) is 3.21. The van der Waals surface area contributed by atoms with E-state index in [0.717, 1.165) is 25.3 Å². The van der Waals surface area contributed by atoms with Crippen LogP contribution in [0, 0.1) is 5.92 Å². The van der Waals surface area contributed by atoms with E-state index in [1.807, 2.05) is 0 Å². The van der Waals surface area contributed by atoms with Crippen molar-refractivity contribution in [2.45, 2.75) is 44.3 Å². The fourth-order valence-corrected chi connectivity index (χ4v) is 2.49. The first-order valence-electron chi connectivity index (χ1n) is 6.81. The molecule has 6 nitrogen and oxygen atoms in total. The van der Waals surface area contributed by atoms with E-state index < -0.39 is 29.6 Å². The van der Waals surface area contributed by atoms with Crippen LogP contribution in [0.4, 0.5) is 0 Å². The van der Waals surface area contributed by atoms with Crippen LogP contribution in [0.25, 0.3) is 0 Å². The summed E-state index contributed by atoms with van der Waals surface area (Å²) < 4.78 is 15.4. The monoisotopic (exact) mass is 282 g/mol. The quantitative estimate of drug-likeness (QED) is 0.441. The molecular weight excluding hydrogens is 264 g/mol. The lowest BCUT2D eigenvalue weighted by Gasteiger charge is -2.40. The Bertz CT molecular complexity index is 401. The average molecular weight is 282 g/mol. The zero-order valence-corrected chi connectivity index (χ0v) is 11.3. The summed E-state index contributed by atoms with van der Waals surface area (Å²) in [5.41, 5.74) is 0. The summed E-state index contributed by atoms with van der Waals surface area (Å²) in [6.07, 6.45) is 5.01. The Morgan fingerprint density at radius 1 is 1.25 bits per heavy atom. The largest absolute Gasteiger partial charge is 0.463 e. The fraction of sp³-hybridized carbons (Fsp3) is 0.643. The lowest BCUT2D eigenvalue weighted by Crippen LogP contribution is -2.51. The van der Waals surface area contributed by atoms with Gasteiger partial charge in [-0.25, -0.2) is 4.79 Å². The molecular formula is C14H18O6. The van der Waals surface area contributed by atoms with Crippen LogP contribution >= 0.6 is 0 Å². The third kappa shape index (κ3) is 3.18. The smallest absolute Gasteiger partial charge is 0.330 e. The second-order valence-corrected chi connectivity index (χ2v) is 5.03. The zero-order valence-electron chi connectivity index (χ0n) is 11.3. The number of hydrogen-bond acceptors (Lipinski definition) is 6. The van der Waals surface area contributed by atoms with Crippen LogP contribution in [-0.4, -0.2) is 30.3 Å². The molecule has 2 rings (SSSR count). The molecule has 1 spiro atoms. The number of hydrogen-bond donors (Lipinski definition) is 0. The van der Waals surface area contributed by atoms with E-state index in [-0.39, 0.29) is 13.0 Å². The Morgan fingerprint density at radius 2 is 1.85 bits per heavy atom. The van der Waals surface area contributed by atoms with Crippen molar-refractivity contribution in [2.75, 3.05) is 6.61 Å². The van der Waals surface area contributed by atoms with Gasteiger partial charge in [-0.1, -0.05) is 13.0 Å². The van der Waals surface area contributed by atoms with E-state index in [9.17, 15) is 14.4 Å². The summed E-state index contributed by atoms with van der Waals surface area (Å²) in [6, 6.07) is 0. The van der Waals surface area contributed by atoms with E-state index in [1.54, 1.807) is 0 Å². The average Bonchev–Trinajstić information content (AvgIpc) is 2.42. The van der Waals surface area contributed by atoms with Crippen molar-refractivity contribution in [1.29, 1.82) is 0 Å². The number of rotatable bonds is 4. The van der Waals surface area contributed by atoms with Gasteiger partial charge in [-0.05, 0) is 12.8 Å². The summed E-state index contributed by atoms with van der Waals surface area (Å²) in [7, 11) is 0. The second-order valence-electron chi connectivity index (χ2n) is 5.03. The Kier molecular flexibility index (Phi) is 4.42. The maximum absolute atomic E-state index is 11.9. The van der Waals surface area contributed by atoms with Gasteiger partial charge in [0.05, 0.1) is 6.61 Å². The highest BCUT2D eigenvalue weighted by molar-refractivity contribution is 5.96. The second kappa shape index (κ2) is 6.07. The molecule has 0 aromatic carbocycles. The van der Waals surface area contributed by atoms with E-state index >= 15 is 0 Å². The highest BCUT2D eigenvalue weighted by atomic mass is 16.7. The summed E-state index contributed by atoms with van der Waals surface area (Å²) >= 11 is 0. The fourth-order valence-electron chi connectivity index (χ4n) is 2.49. The Hall–Kier alpha value is -1.85. The van der Waals surface area contributed by atoms with Gasteiger partial charge in [0.25, 0.3) is 5.79 Å². The van der Waals surface area contributed by atoms with Crippen molar-refractivity contribution < 1.29 is 28.6 Å². The lowest BCUT2D eigenvalue weighted by atomic mass is 9.92. The minimum absolute atomic E-state index is 0.0489. The Morgan fingerprint density at radius 3 is 2.40 bits per heavy atom. The molecule has 0 radical (unpaired) electrons. The first-order chi connectivity index (χ1) is 9.56. The SMILES string of the molecule is C=CC(=O)OCCC1C(=O)OC2(CCCCC2)OC1=O. The molecule has 2 aliphatic rings. The van der Waals surface area contributed by atoms with E-state index in [0.29, 0.717) is 12.8 Å². The van der Waals surface area contributed by atoms with Gasteiger partial charge in [-0.3, -0.25) is 9.59 Å². The van der Waals surface area contributed by atoms with Gasteiger partial charge in [0, 0.05) is 25.3 Å². The van der Waals surface area contributed by atoms with Crippen LogP contribution in [0.2, 0.25) is 0 Å². The molecule has 6 heteroatoms. The molecule has 20 heavy (non-hydrogen) atoms. The molecule has 1 aliphatic carbocycles. The molecule has 1 aliphatic heterocycles. The van der Waals surface area contributed by atoms with Gasteiger partial charge in [-0.2, -0.15) is 0 Å². The third-order valence-electron chi connectivity index (χ3n) is 3.58. The molecule has 0 unspecified atom stereocenters. The summed E-state index contributed by atoms with van der Waals surface area (Å²) in [5, 5.41) is 0. The minimum atomic E-state index is -1.05. The van der Waals surface area contributed by atoms with Gasteiger partial charge in [0.2, 0.25) is 0 Å². The molecule has 0 bridgehead atoms. The lowest BCUT2D eigenvalue weighted by molar-refractivity contribution is -0.261. The number of carbonyl (C=O) groups is 3. The highest BCUT2D eigenvalue weighted by Crippen LogP contribution is 2.37. The van der Waals surface area contributed by atoms with Crippen molar-refractivity contribution in [1.82, 2.24) is 0 Å². The van der Waals surface area contributed by atoms with Gasteiger partial charge in [0.1, 0.15) is 0 Å². The standard InChI is InChI=1S/C14H18O6/c1-2-11(15)18-9-6-10-12(16)19-14(20-13(10)17)7-4-3-5-8-14/h2,10H,1,3-9H2. The van der Waals surface area contributed by atoms with E-state index in [2.05, 4.69) is 6.58 Å². The first kappa shape index (κ1) is 14.6. The Labute approximate surface area is 117 Å². The molecule has 2 fully saturated rings. The maximum atomic E-state index is 11.9. The summed E-state index contributed by atoms with van der Waals surface area (Å²) in [5.74, 6) is -3.83. The predicted molar refractivity (Wildman–Crippen MR) is 67.3 cm³/mol. The van der Waals surface area contributed by atoms with Crippen LogP contribution in [0.5, 0.6) is 0 Å². The van der Waals surface area contributed by atoms with Gasteiger partial charge >= 0.3 is 17.9 Å². The third-order valence-corrected chi connectivity index (χ3v) is 3.58. The zero-order chi connectivity index (χ0) is 14.6. The van der Waals surface area contributed by atoms with E-state index in [1.165, 1.54) is 0 Å². The topological polar surface area (TPSA) is 78.9 Å². The Balaban J connectivity index is 1.90. The van der Waals surface area contributed by atoms with Crippen molar-refractivity contribution in [2.24, 2.45) is 5.92 Å². The minimum Gasteiger partial charge on any atom is -0.463 e. The molecule has 0 aromatic heterocycles. The maximum Gasteiger partial charge on any atom is 0.330 e. The van der Waals surface area contributed by atoms with E-state index in [4.69, 9.17) is 14.2 Å². The number of carbonyl (C=O) groups excluding carboxylic acids is 3. The predicted octanol–water partition coefficient (Wildman–Crippen LogP) is 1.48. The van der Waals surface area contributed by atoms with Crippen LogP contribution in [0.1, 0.15) is 38.5 Å². The number of ether oxygens (including phenoxy) is 3. The molecule has 1 saturated heterocycles. The van der Waals surface area contributed by atoms with Crippen LogP contribution in [0.15, 0.2) is 12.7 Å². The molecule has 0 amide bonds. The van der Waals surface area contributed by atoms with Gasteiger partial charge in [0.15, 0.2) is 5.92 Å². The van der Waals surface area contributed by atoms with Gasteiger partial charge in [-0.15, -0.1) is 0 Å². The van der Waals surface area contributed by atoms with Crippen LogP contribution in [0.3, 0.4) is 0 Å². The first-order valence-corrected chi connectivity index (χ1v) is 6.81. The molecule has 0 aromatic rings. The van der Waals surface area contributed by atoms with Crippen molar-refractivity contribution >= 4 is 17.9 Å². The molecule has 1 saturated carbocycles. The molecule has 110 valence electrons. The van der Waals surface area contributed by atoms with Crippen LogP contribution in [-0.2, 0) is 28.6 Å². The molecule has 1 heterocycles. The van der Waals surface area contributed by atoms with Crippen molar-refractivity contribution in [3.8, 4) is 0 Å². The van der Waals surface area contributed by atoms with Gasteiger partial charge < -0.3 is 14.2 Å². The number of esters is 3. The normalized spacial score (nSPS) is 22.0. The summed E-state index contributed by atoms with van der Waals surface area (Å²) in [4.78, 5) is 34.8. The molecule has 0 atom stereocenters. The highest BCUT2D eigenvalue weighted by Gasteiger charge is 2.49. The van der Waals surface area contributed by atoms with Crippen LogP contribution < -0.4 is 0 Å². The van der Waals surface area contributed by atoms with Crippen molar-refractivity contribution in [3.63, 3.8) is 0 Å².